The van der Waals surface area contributed by atoms with Crippen LogP contribution in [0.3, 0.4) is 0 Å². The molecule has 30 heavy (non-hydrogen) atoms. The minimum Gasteiger partial charge on any atom is -0.354 e. The number of hydrogen-bond donors (Lipinski definition) is 0. The number of rotatable bonds is 3. The summed E-state index contributed by atoms with van der Waals surface area (Å²) in [6, 6.07) is 11.0. The lowest BCUT2D eigenvalue weighted by molar-refractivity contribution is 0.0746. The van der Waals surface area contributed by atoms with Gasteiger partial charge >= 0.3 is 0 Å². The van der Waals surface area contributed by atoms with E-state index < -0.39 is 0 Å². The van der Waals surface area contributed by atoms with Crippen LogP contribution in [0, 0.1) is 18.3 Å². The van der Waals surface area contributed by atoms with Crippen molar-refractivity contribution in [2.24, 2.45) is 0 Å². The molecule has 0 spiro atoms. The lowest BCUT2D eigenvalue weighted by Gasteiger charge is -2.37. The second kappa shape index (κ2) is 8.67. The van der Waals surface area contributed by atoms with Crippen LogP contribution in [0.1, 0.15) is 21.7 Å². The molecule has 2 fully saturated rings. The van der Waals surface area contributed by atoms with E-state index in [4.69, 9.17) is 5.26 Å². The fraction of sp³-hybridized carbons (Fsp3) is 0.455. The summed E-state index contributed by atoms with van der Waals surface area (Å²) in [6.45, 7) is 8.72. The minimum atomic E-state index is 0.0103. The van der Waals surface area contributed by atoms with Gasteiger partial charge in [0.25, 0.3) is 5.91 Å². The molecular formula is C22H27N7O. The van der Waals surface area contributed by atoms with Crippen LogP contribution in [-0.2, 0) is 0 Å². The number of aryl methyl sites for hydroxylation is 1. The summed E-state index contributed by atoms with van der Waals surface area (Å²) >= 11 is 0. The van der Waals surface area contributed by atoms with Crippen LogP contribution in [0.5, 0.6) is 0 Å². The molecule has 0 atom stereocenters. The highest BCUT2D eigenvalue weighted by molar-refractivity contribution is 5.94. The fourth-order valence-corrected chi connectivity index (χ4v) is 3.90. The van der Waals surface area contributed by atoms with Crippen LogP contribution < -0.4 is 9.80 Å². The fourth-order valence-electron chi connectivity index (χ4n) is 3.90. The third-order valence-corrected chi connectivity index (χ3v) is 5.79. The summed E-state index contributed by atoms with van der Waals surface area (Å²) in [5, 5.41) is 8.92. The Labute approximate surface area is 177 Å². The number of aromatic nitrogens is 2. The number of carbonyl (C=O) groups excluding carboxylic acids is 1. The standard InChI is InChI=1S/C22H27N7O/c1-17-24-20(27-9-7-26(2)8-10-27)15-21(25-17)28-11-13-29(14-12-28)22(30)19-5-3-18(16-23)4-6-19/h3-6,15H,7-14H2,1-2H3. The van der Waals surface area contributed by atoms with E-state index in [1.807, 2.05) is 11.8 Å². The molecule has 0 radical (unpaired) electrons. The minimum absolute atomic E-state index is 0.0103. The van der Waals surface area contributed by atoms with E-state index in [-0.39, 0.29) is 5.91 Å². The van der Waals surface area contributed by atoms with Crippen LogP contribution in [0.15, 0.2) is 30.3 Å². The van der Waals surface area contributed by atoms with Crippen molar-refractivity contribution < 1.29 is 4.79 Å². The van der Waals surface area contributed by atoms with E-state index in [1.165, 1.54) is 0 Å². The highest BCUT2D eigenvalue weighted by Gasteiger charge is 2.24. The van der Waals surface area contributed by atoms with Gasteiger partial charge in [0.15, 0.2) is 0 Å². The monoisotopic (exact) mass is 405 g/mol. The van der Waals surface area contributed by atoms with Crippen LogP contribution in [0.4, 0.5) is 11.6 Å². The molecule has 1 aromatic carbocycles. The van der Waals surface area contributed by atoms with Crippen LogP contribution >= 0.6 is 0 Å². The number of benzene rings is 1. The maximum absolute atomic E-state index is 12.8. The number of nitrogens with zero attached hydrogens (tertiary/aromatic N) is 7. The number of likely N-dealkylation sites (N-methyl/N-ethyl adjacent to an activating group) is 1. The van der Waals surface area contributed by atoms with Gasteiger partial charge in [-0.15, -0.1) is 0 Å². The van der Waals surface area contributed by atoms with Crippen molar-refractivity contribution in [3.05, 3.63) is 47.3 Å². The largest absolute Gasteiger partial charge is 0.354 e. The Morgan fingerprint density at radius 3 is 1.97 bits per heavy atom. The number of piperazine rings is 2. The Morgan fingerprint density at radius 2 is 1.43 bits per heavy atom. The van der Waals surface area contributed by atoms with Gasteiger partial charge in [-0.2, -0.15) is 5.26 Å². The predicted molar refractivity (Wildman–Crippen MR) is 116 cm³/mol. The van der Waals surface area contributed by atoms with E-state index in [9.17, 15) is 4.79 Å². The molecule has 0 saturated carbocycles. The van der Waals surface area contributed by atoms with Crippen LogP contribution in [0.25, 0.3) is 0 Å². The lowest BCUT2D eigenvalue weighted by atomic mass is 10.1. The van der Waals surface area contributed by atoms with E-state index in [0.717, 1.165) is 56.7 Å². The summed E-state index contributed by atoms with van der Waals surface area (Å²) in [7, 11) is 2.15. The number of hydrogen-bond acceptors (Lipinski definition) is 7. The second-order valence-corrected chi connectivity index (χ2v) is 7.89. The quantitative estimate of drug-likeness (QED) is 0.763. The zero-order valence-corrected chi connectivity index (χ0v) is 17.6. The summed E-state index contributed by atoms with van der Waals surface area (Å²) in [5.41, 5.74) is 1.18. The second-order valence-electron chi connectivity index (χ2n) is 7.89. The maximum atomic E-state index is 12.8. The van der Waals surface area contributed by atoms with Crippen molar-refractivity contribution in [3.8, 4) is 6.07 Å². The maximum Gasteiger partial charge on any atom is 0.253 e. The highest BCUT2D eigenvalue weighted by atomic mass is 16.2. The van der Waals surface area contributed by atoms with Gasteiger partial charge in [-0.05, 0) is 38.2 Å². The number of nitriles is 1. The molecule has 0 bridgehead atoms. The Balaban J connectivity index is 1.41. The number of anilines is 2. The van der Waals surface area contributed by atoms with Gasteiger partial charge in [-0.25, -0.2) is 9.97 Å². The molecule has 1 amide bonds. The van der Waals surface area contributed by atoms with Gasteiger partial charge in [0, 0.05) is 64.0 Å². The first-order chi connectivity index (χ1) is 14.5. The van der Waals surface area contributed by atoms with Gasteiger partial charge in [0.05, 0.1) is 11.6 Å². The molecule has 2 saturated heterocycles. The molecule has 3 heterocycles. The molecule has 2 aliphatic heterocycles. The summed E-state index contributed by atoms with van der Waals surface area (Å²) < 4.78 is 0. The van der Waals surface area contributed by atoms with Crippen molar-refractivity contribution in [2.75, 3.05) is 69.2 Å². The Bertz CT molecular complexity index is 937. The average Bonchev–Trinajstić information content (AvgIpc) is 2.79. The van der Waals surface area contributed by atoms with E-state index in [0.29, 0.717) is 24.2 Å². The smallest absolute Gasteiger partial charge is 0.253 e. The van der Waals surface area contributed by atoms with Crippen molar-refractivity contribution >= 4 is 17.5 Å². The average molecular weight is 406 g/mol. The van der Waals surface area contributed by atoms with Crippen molar-refractivity contribution in [1.29, 1.82) is 5.26 Å². The van der Waals surface area contributed by atoms with Crippen LogP contribution in [-0.4, -0.2) is 85.1 Å². The van der Waals surface area contributed by atoms with E-state index >= 15 is 0 Å². The first kappa shape index (κ1) is 20.1. The Kier molecular flexibility index (Phi) is 5.81. The molecule has 0 N–H and O–H groups in total. The molecule has 4 rings (SSSR count). The molecule has 2 aromatic rings. The normalized spacial score (nSPS) is 17.7. The molecular weight excluding hydrogens is 378 g/mol. The molecule has 8 nitrogen and oxygen atoms in total. The van der Waals surface area contributed by atoms with Crippen molar-refractivity contribution in [1.82, 2.24) is 19.8 Å². The van der Waals surface area contributed by atoms with Gasteiger partial charge in [-0.3, -0.25) is 4.79 Å². The van der Waals surface area contributed by atoms with Gasteiger partial charge in [0.2, 0.25) is 0 Å². The third-order valence-electron chi connectivity index (χ3n) is 5.79. The molecule has 156 valence electrons. The van der Waals surface area contributed by atoms with Crippen molar-refractivity contribution in [3.63, 3.8) is 0 Å². The molecule has 0 aliphatic carbocycles. The molecule has 1 aromatic heterocycles. The summed E-state index contributed by atoms with van der Waals surface area (Å²) in [6.07, 6.45) is 0. The van der Waals surface area contributed by atoms with Gasteiger partial charge < -0.3 is 19.6 Å². The summed E-state index contributed by atoms with van der Waals surface area (Å²) in [5.74, 6) is 2.71. The predicted octanol–water partition coefficient (Wildman–Crippen LogP) is 1.37. The van der Waals surface area contributed by atoms with E-state index in [2.05, 4.69) is 43.9 Å². The summed E-state index contributed by atoms with van der Waals surface area (Å²) in [4.78, 5) is 30.8. The van der Waals surface area contributed by atoms with Gasteiger partial charge in [0.1, 0.15) is 17.5 Å². The first-order valence-electron chi connectivity index (χ1n) is 10.4. The Morgan fingerprint density at radius 1 is 0.900 bits per heavy atom. The SMILES string of the molecule is Cc1nc(N2CCN(C)CC2)cc(N2CCN(C(=O)c3ccc(C#N)cc3)CC2)n1. The number of amides is 1. The zero-order chi connectivity index (χ0) is 21.1. The number of carbonyl (C=O) groups is 1. The van der Waals surface area contributed by atoms with Crippen molar-refractivity contribution in [2.45, 2.75) is 6.92 Å². The lowest BCUT2D eigenvalue weighted by Crippen LogP contribution is -2.49. The van der Waals surface area contributed by atoms with E-state index in [1.54, 1.807) is 24.3 Å². The molecule has 0 unspecified atom stereocenters. The molecule has 8 heteroatoms. The topological polar surface area (TPSA) is 79.6 Å². The highest BCUT2D eigenvalue weighted by Crippen LogP contribution is 2.22. The first-order valence-corrected chi connectivity index (χ1v) is 10.4. The molecule has 2 aliphatic rings. The third kappa shape index (κ3) is 4.36. The zero-order valence-electron chi connectivity index (χ0n) is 17.6. The van der Waals surface area contributed by atoms with Crippen LogP contribution in [0.2, 0.25) is 0 Å². The van der Waals surface area contributed by atoms with Gasteiger partial charge in [-0.1, -0.05) is 0 Å². The Hall–Kier alpha value is -3.18.